The molecule has 0 saturated carbocycles. The number of hydrogen-bond donors (Lipinski definition) is 2. The summed E-state index contributed by atoms with van der Waals surface area (Å²) in [5, 5.41) is 15.0. The van der Waals surface area contributed by atoms with Crippen LogP contribution in [0.3, 0.4) is 0 Å². The van der Waals surface area contributed by atoms with E-state index in [1.807, 2.05) is 0 Å². The van der Waals surface area contributed by atoms with E-state index < -0.39 is 12.6 Å². The average Bonchev–Trinajstić information content (AvgIpc) is 1.38. The molecule has 7 heavy (non-hydrogen) atoms. The SMILES string of the molecule is O=C(O)CO.S.[H-].[Na+]. The van der Waals surface area contributed by atoms with Crippen molar-refractivity contribution < 1.29 is 46.0 Å². The van der Waals surface area contributed by atoms with E-state index in [-0.39, 0.29) is 44.5 Å². The minimum atomic E-state index is -1.19. The predicted molar refractivity (Wildman–Crippen MR) is 26.2 cm³/mol. The molecule has 0 amide bonds. The van der Waals surface area contributed by atoms with E-state index in [0.717, 1.165) is 0 Å². The molecule has 0 unspecified atom stereocenters. The van der Waals surface area contributed by atoms with Gasteiger partial charge >= 0.3 is 35.5 Å². The molecule has 0 bridgehead atoms. The van der Waals surface area contributed by atoms with E-state index in [1.54, 1.807) is 0 Å². The summed E-state index contributed by atoms with van der Waals surface area (Å²) < 4.78 is 0. The Morgan fingerprint density at radius 1 is 1.71 bits per heavy atom. The molecule has 0 aliphatic heterocycles. The predicted octanol–water partition coefficient (Wildman–Crippen LogP) is -3.71. The second kappa shape index (κ2) is 9.91. The van der Waals surface area contributed by atoms with Gasteiger partial charge in [-0.2, -0.15) is 13.5 Å². The Bertz CT molecular complexity index is 52.5. The summed E-state index contributed by atoms with van der Waals surface area (Å²) in [4.78, 5) is 9.12. The van der Waals surface area contributed by atoms with Crippen LogP contribution in [0.4, 0.5) is 0 Å². The molecule has 0 fully saturated rings. The van der Waals surface area contributed by atoms with Crippen molar-refractivity contribution in [3.05, 3.63) is 0 Å². The van der Waals surface area contributed by atoms with Gasteiger partial charge in [-0.3, -0.25) is 0 Å². The van der Waals surface area contributed by atoms with Gasteiger partial charge in [0.2, 0.25) is 0 Å². The molecule has 0 aromatic carbocycles. The smallest absolute Gasteiger partial charge is 1.00 e. The van der Waals surface area contributed by atoms with Crippen LogP contribution in [0.25, 0.3) is 0 Å². The molecule has 0 heterocycles. The number of carbonyl (C=O) groups is 1. The van der Waals surface area contributed by atoms with Crippen molar-refractivity contribution in [1.82, 2.24) is 0 Å². The minimum absolute atomic E-state index is 0. The van der Waals surface area contributed by atoms with E-state index >= 15 is 0 Å². The van der Waals surface area contributed by atoms with Crippen LogP contribution in [-0.4, -0.2) is 22.8 Å². The van der Waals surface area contributed by atoms with Crippen molar-refractivity contribution in [2.75, 3.05) is 6.61 Å². The second-order valence-electron chi connectivity index (χ2n) is 0.552. The zero-order chi connectivity index (χ0) is 4.28. The summed E-state index contributed by atoms with van der Waals surface area (Å²) in [7, 11) is 0. The van der Waals surface area contributed by atoms with Crippen molar-refractivity contribution in [2.24, 2.45) is 0 Å². The van der Waals surface area contributed by atoms with Crippen molar-refractivity contribution in [1.29, 1.82) is 0 Å². The molecule has 0 aromatic rings. The summed E-state index contributed by atoms with van der Waals surface area (Å²) in [5.41, 5.74) is 0. The third-order valence-corrected chi connectivity index (χ3v) is 0.135. The number of carboxylic acid groups (broad SMARTS) is 1. The van der Waals surface area contributed by atoms with Crippen LogP contribution >= 0.6 is 13.5 Å². The fraction of sp³-hybridized carbons (Fsp3) is 0.500. The standard InChI is InChI=1S/C2H4O3.Na.H2S.H/c3-1-2(4)5;;;/h3H,1H2,(H,4,5);;1H2;/q;+1;;-1. The molecular formula is C2H7NaO3S. The summed E-state index contributed by atoms with van der Waals surface area (Å²) >= 11 is 0. The van der Waals surface area contributed by atoms with Crippen LogP contribution in [0.15, 0.2) is 0 Å². The first-order valence-corrected chi connectivity index (χ1v) is 1.10. The molecule has 3 nitrogen and oxygen atoms in total. The van der Waals surface area contributed by atoms with E-state index in [0.29, 0.717) is 0 Å². The maximum absolute atomic E-state index is 9.12. The van der Waals surface area contributed by atoms with Crippen molar-refractivity contribution >= 4 is 19.5 Å². The molecule has 0 spiro atoms. The van der Waals surface area contributed by atoms with Gasteiger partial charge in [-0.15, -0.1) is 0 Å². The zero-order valence-corrected chi connectivity index (χ0v) is 7.01. The van der Waals surface area contributed by atoms with E-state index in [2.05, 4.69) is 0 Å². The summed E-state index contributed by atoms with van der Waals surface area (Å²) in [6.45, 7) is -0.778. The van der Waals surface area contributed by atoms with E-state index in [9.17, 15) is 0 Å². The van der Waals surface area contributed by atoms with E-state index in [4.69, 9.17) is 15.0 Å². The molecule has 0 rings (SSSR count). The molecule has 2 N–H and O–H groups in total. The van der Waals surface area contributed by atoms with Gasteiger partial charge < -0.3 is 11.6 Å². The van der Waals surface area contributed by atoms with Gasteiger partial charge in [0.1, 0.15) is 6.61 Å². The molecule has 5 heteroatoms. The number of hydrogen-bond acceptors (Lipinski definition) is 2. The Morgan fingerprint density at radius 2 is 1.86 bits per heavy atom. The second-order valence-corrected chi connectivity index (χ2v) is 0.552. The van der Waals surface area contributed by atoms with Crippen molar-refractivity contribution in [2.45, 2.75) is 0 Å². The fourth-order valence-corrected chi connectivity index (χ4v) is 0. The normalized spacial score (nSPS) is 5.29. The Balaban J connectivity index is -0.0000000267. The van der Waals surface area contributed by atoms with E-state index in [1.165, 1.54) is 0 Å². The van der Waals surface area contributed by atoms with Crippen LogP contribution in [-0.2, 0) is 4.79 Å². The largest absolute Gasteiger partial charge is 1.00 e. The quantitative estimate of drug-likeness (QED) is 0.363. The van der Waals surface area contributed by atoms with Crippen LogP contribution in [0.5, 0.6) is 0 Å². The molecular weight excluding hydrogens is 127 g/mol. The zero-order valence-electron chi connectivity index (χ0n) is 5.01. The Kier molecular flexibility index (Phi) is 22.2. The topological polar surface area (TPSA) is 57.5 Å². The van der Waals surface area contributed by atoms with Gasteiger partial charge in [-0.05, 0) is 0 Å². The van der Waals surface area contributed by atoms with Gasteiger partial charge in [0.15, 0.2) is 0 Å². The van der Waals surface area contributed by atoms with Gasteiger partial charge in [0.05, 0.1) is 0 Å². The van der Waals surface area contributed by atoms with Gasteiger partial charge in [-0.1, -0.05) is 0 Å². The van der Waals surface area contributed by atoms with Crippen LogP contribution in [0, 0.1) is 0 Å². The van der Waals surface area contributed by atoms with Crippen molar-refractivity contribution in [3.8, 4) is 0 Å². The maximum Gasteiger partial charge on any atom is 1.00 e. The van der Waals surface area contributed by atoms with Crippen LogP contribution < -0.4 is 29.6 Å². The molecule has 0 aliphatic carbocycles. The van der Waals surface area contributed by atoms with Crippen LogP contribution in [0.1, 0.15) is 1.43 Å². The molecule has 0 aliphatic rings. The number of aliphatic carboxylic acids is 1. The van der Waals surface area contributed by atoms with Gasteiger partial charge in [0.25, 0.3) is 0 Å². The van der Waals surface area contributed by atoms with Gasteiger partial charge in [-0.25, -0.2) is 4.79 Å². The summed E-state index contributed by atoms with van der Waals surface area (Å²) in [5.74, 6) is -1.19. The van der Waals surface area contributed by atoms with Crippen molar-refractivity contribution in [3.63, 3.8) is 0 Å². The number of aliphatic hydroxyl groups is 1. The monoisotopic (exact) mass is 134 g/mol. The number of carboxylic acids is 1. The molecule has 0 radical (unpaired) electrons. The Hall–Kier alpha value is 0.780. The maximum atomic E-state index is 9.12. The average molecular weight is 134 g/mol. The molecule has 0 saturated heterocycles. The Morgan fingerprint density at radius 3 is 1.86 bits per heavy atom. The summed E-state index contributed by atoms with van der Waals surface area (Å²) in [6, 6.07) is 0. The first kappa shape index (κ1) is 15.7. The molecule has 0 atom stereocenters. The third-order valence-electron chi connectivity index (χ3n) is 0.135. The first-order valence-electron chi connectivity index (χ1n) is 1.10. The number of aliphatic hydroxyl groups excluding tert-OH is 1. The molecule has 40 valence electrons. The first-order chi connectivity index (χ1) is 2.27. The minimum Gasteiger partial charge on any atom is -1.00 e. The third kappa shape index (κ3) is 20.0. The summed E-state index contributed by atoms with van der Waals surface area (Å²) in [6.07, 6.45) is 0. The fourth-order valence-electron chi connectivity index (χ4n) is 0. The van der Waals surface area contributed by atoms with Gasteiger partial charge in [0, 0.05) is 0 Å². The van der Waals surface area contributed by atoms with Crippen LogP contribution in [0.2, 0.25) is 0 Å². The number of rotatable bonds is 1. The Labute approximate surface area is 71.9 Å². The molecule has 0 aromatic heterocycles.